The zero-order valence-corrected chi connectivity index (χ0v) is 12.6. The third-order valence-corrected chi connectivity index (χ3v) is 2.49. The Morgan fingerprint density at radius 3 is 2.65 bits per heavy atom. The lowest BCUT2D eigenvalue weighted by atomic mass is 10.2. The van der Waals surface area contributed by atoms with Gasteiger partial charge < -0.3 is 14.6 Å². The number of hydrogen-bond acceptors (Lipinski definition) is 3. The van der Waals surface area contributed by atoms with Crippen LogP contribution in [0.4, 0.5) is 0 Å². The van der Waals surface area contributed by atoms with E-state index in [1.165, 1.54) is 6.08 Å². The van der Waals surface area contributed by atoms with Crippen molar-refractivity contribution in [2.75, 3.05) is 13.2 Å². The molecule has 0 aliphatic heterocycles. The van der Waals surface area contributed by atoms with E-state index >= 15 is 0 Å². The minimum Gasteiger partial charge on any atom is -0.491 e. The average molecular weight is 299 g/mol. The lowest BCUT2D eigenvalue weighted by Crippen LogP contribution is -2.22. The largest absolute Gasteiger partial charge is 0.491 e. The lowest BCUT2D eigenvalue weighted by Gasteiger charge is -2.19. The maximum Gasteiger partial charge on any atom is 0.328 e. The third-order valence-electron chi connectivity index (χ3n) is 2.25. The molecule has 1 N–H and O–H groups in total. The molecule has 0 heterocycles. The van der Waals surface area contributed by atoms with Crippen LogP contribution in [0.5, 0.6) is 5.75 Å². The fraction of sp³-hybridized carbons (Fsp3) is 0.400. The summed E-state index contributed by atoms with van der Waals surface area (Å²) < 4.78 is 11.1. The number of benzene rings is 1. The summed E-state index contributed by atoms with van der Waals surface area (Å²) >= 11 is 5.89. The molecule has 0 bridgehead atoms. The molecule has 0 atom stereocenters. The molecule has 0 spiro atoms. The number of carboxylic acid groups (broad SMARTS) is 1. The predicted octanol–water partition coefficient (Wildman–Crippen LogP) is 3.63. The average Bonchev–Trinajstić information content (AvgIpc) is 2.32. The fourth-order valence-electron chi connectivity index (χ4n) is 1.44. The maximum atomic E-state index is 10.6. The Labute approximate surface area is 124 Å². The Morgan fingerprint density at radius 2 is 2.05 bits per heavy atom. The molecular formula is C15H19ClO4. The Hall–Kier alpha value is -1.52. The highest BCUT2D eigenvalue weighted by atomic mass is 35.5. The molecule has 1 aromatic carbocycles. The highest BCUT2D eigenvalue weighted by Gasteiger charge is 2.10. The summed E-state index contributed by atoms with van der Waals surface area (Å²) in [6, 6.07) is 5.06. The van der Waals surface area contributed by atoms with Crippen molar-refractivity contribution in [2.24, 2.45) is 0 Å². The topological polar surface area (TPSA) is 55.8 Å². The second-order valence-electron chi connectivity index (χ2n) is 5.16. The van der Waals surface area contributed by atoms with Gasteiger partial charge in [0.25, 0.3) is 0 Å². The monoisotopic (exact) mass is 298 g/mol. The normalized spacial score (nSPS) is 11.8. The molecule has 1 rings (SSSR count). The van der Waals surface area contributed by atoms with Crippen molar-refractivity contribution in [2.45, 2.75) is 26.4 Å². The molecule has 0 aromatic heterocycles. The van der Waals surface area contributed by atoms with E-state index in [0.29, 0.717) is 29.5 Å². The molecule has 0 saturated carbocycles. The second-order valence-corrected chi connectivity index (χ2v) is 5.60. The van der Waals surface area contributed by atoms with Crippen molar-refractivity contribution < 1.29 is 19.4 Å². The van der Waals surface area contributed by atoms with Crippen molar-refractivity contribution in [1.29, 1.82) is 0 Å². The second kappa shape index (κ2) is 7.31. The van der Waals surface area contributed by atoms with Gasteiger partial charge in [-0.05, 0) is 45.0 Å². The molecule has 110 valence electrons. The van der Waals surface area contributed by atoms with E-state index < -0.39 is 5.97 Å². The molecule has 0 saturated heterocycles. The van der Waals surface area contributed by atoms with Crippen molar-refractivity contribution in [3.63, 3.8) is 0 Å². The molecule has 0 amide bonds. The summed E-state index contributed by atoms with van der Waals surface area (Å²) in [6.07, 6.45) is 2.50. The van der Waals surface area contributed by atoms with Crippen molar-refractivity contribution in [3.05, 3.63) is 34.9 Å². The van der Waals surface area contributed by atoms with Crippen LogP contribution in [0.25, 0.3) is 6.08 Å². The Morgan fingerprint density at radius 1 is 1.35 bits per heavy atom. The third kappa shape index (κ3) is 6.59. The fourth-order valence-corrected chi connectivity index (χ4v) is 1.62. The van der Waals surface area contributed by atoms with Crippen LogP contribution < -0.4 is 4.74 Å². The highest BCUT2D eigenvalue weighted by molar-refractivity contribution is 6.30. The molecule has 0 aliphatic rings. The molecular weight excluding hydrogens is 280 g/mol. The maximum absolute atomic E-state index is 10.6. The van der Waals surface area contributed by atoms with E-state index in [-0.39, 0.29) is 5.60 Å². The molecule has 0 unspecified atom stereocenters. The summed E-state index contributed by atoms with van der Waals surface area (Å²) in [5, 5.41) is 9.18. The first-order chi connectivity index (χ1) is 9.28. The quantitative estimate of drug-likeness (QED) is 0.643. The van der Waals surface area contributed by atoms with Gasteiger partial charge in [-0.15, -0.1) is 0 Å². The number of aliphatic carboxylic acids is 1. The summed E-state index contributed by atoms with van der Waals surface area (Å²) in [4.78, 5) is 10.6. The Balaban J connectivity index is 2.67. The predicted molar refractivity (Wildman–Crippen MR) is 79.3 cm³/mol. The Kier molecular flexibility index (Phi) is 6.05. The van der Waals surface area contributed by atoms with E-state index in [4.69, 9.17) is 26.2 Å². The number of ether oxygens (including phenoxy) is 2. The number of carbonyl (C=O) groups is 1. The lowest BCUT2D eigenvalue weighted by molar-refractivity contribution is -0.131. The highest BCUT2D eigenvalue weighted by Crippen LogP contribution is 2.24. The molecule has 5 heteroatoms. The van der Waals surface area contributed by atoms with Gasteiger partial charge in [-0.25, -0.2) is 4.79 Å². The number of rotatable bonds is 6. The summed E-state index contributed by atoms with van der Waals surface area (Å²) in [6.45, 7) is 6.74. The van der Waals surface area contributed by atoms with Crippen molar-refractivity contribution in [1.82, 2.24) is 0 Å². The molecule has 0 aliphatic carbocycles. The number of carboxylic acids is 1. The summed E-state index contributed by atoms with van der Waals surface area (Å²) in [7, 11) is 0. The van der Waals surface area contributed by atoms with Gasteiger partial charge in [0.05, 0.1) is 12.2 Å². The summed E-state index contributed by atoms with van der Waals surface area (Å²) in [5.41, 5.74) is 0.408. The van der Waals surface area contributed by atoms with E-state index in [9.17, 15) is 4.79 Å². The van der Waals surface area contributed by atoms with Gasteiger partial charge >= 0.3 is 5.97 Å². The molecule has 20 heavy (non-hydrogen) atoms. The van der Waals surface area contributed by atoms with Gasteiger partial charge in [-0.3, -0.25) is 0 Å². The minimum atomic E-state index is -1.02. The first-order valence-electron chi connectivity index (χ1n) is 6.25. The standard InChI is InChI=1S/C15H19ClO4/c1-15(2,3)20-9-8-19-13-6-5-12(16)10-11(13)4-7-14(17)18/h4-7,10H,8-9H2,1-3H3,(H,17,18)/b7-4+. The van der Waals surface area contributed by atoms with Gasteiger partial charge in [0.1, 0.15) is 12.4 Å². The van der Waals surface area contributed by atoms with Crippen LogP contribution >= 0.6 is 11.6 Å². The molecule has 0 radical (unpaired) electrons. The van der Waals surface area contributed by atoms with Crippen LogP contribution in [0.1, 0.15) is 26.3 Å². The molecule has 0 fully saturated rings. The molecule has 1 aromatic rings. The van der Waals surface area contributed by atoms with Crippen LogP contribution in [-0.4, -0.2) is 29.9 Å². The Bertz CT molecular complexity index is 489. The van der Waals surface area contributed by atoms with Crippen LogP contribution in [0.2, 0.25) is 5.02 Å². The van der Waals surface area contributed by atoms with Crippen LogP contribution in [-0.2, 0) is 9.53 Å². The van der Waals surface area contributed by atoms with Gasteiger partial charge in [0, 0.05) is 16.7 Å². The van der Waals surface area contributed by atoms with Crippen molar-refractivity contribution in [3.8, 4) is 5.75 Å². The molecule has 4 nitrogen and oxygen atoms in total. The van der Waals surface area contributed by atoms with Gasteiger partial charge in [-0.2, -0.15) is 0 Å². The van der Waals surface area contributed by atoms with Crippen LogP contribution in [0.3, 0.4) is 0 Å². The van der Waals surface area contributed by atoms with Gasteiger partial charge in [0.15, 0.2) is 0 Å². The summed E-state index contributed by atoms with van der Waals surface area (Å²) in [5.74, 6) is -0.448. The van der Waals surface area contributed by atoms with Crippen LogP contribution in [0.15, 0.2) is 24.3 Å². The van der Waals surface area contributed by atoms with E-state index in [2.05, 4.69) is 0 Å². The SMILES string of the molecule is CC(C)(C)OCCOc1ccc(Cl)cc1/C=C/C(=O)O. The zero-order valence-electron chi connectivity index (χ0n) is 11.9. The smallest absolute Gasteiger partial charge is 0.328 e. The first kappa shape index (κ1) is 16.5. The van der Waals surface area contributed by atoms with E-state index in [0.717, 1.165) is 6.08 Å². The van der Waals surface area contributed by atoms with Gasteiger partial charge in [0.2, 0.25) is 0 Å². The van der Waals surface area contributed by atoms with Gasteiger partial charge in [-0.1, -0.05) is 11.6 Å². The van der Waals surface area contributed by atoms with Crippen LogP contribution in [0, 0.1) is 0 Å². The van der Waals surface area contributed by atoms with E-state index in [1.807, 2.05) is 20.8 Å². The van der Waals surface area contributed by atoms with E-state index in [1.54, 1.807) is 18.2 Å². The minimum absolute atomic E-state index is 0.213. The first-order valence-corrected chi connectivity index (χ1v) is 6.63. The number of hydrogen-bond donors (Lipinski definition) is 1. The number of halogens is 1. The van der Waals surface area contributed by atoms with Crippen molar-refractivity contribution >= 4 is 23.6 Å². The zero-order chi connectivity index (χ0) is 15.2.